The number of rotatable bonds is 6. The average molecular weight is 392 g/mol. The maximum Gasteiger partial charge on any atom is 0.311 e. The number of oxazole rings is 1. The van der Waals surface area contributed by atoms with Crippen LogP contribution in [0.1, 0.15) is 12.1 Å². The SMILES string of the molecule is COc1cccc(N2CC(C(=O)OCc3coc(-c4ccccc4)n3)CC2=O)c1. The van der Waals surface area contributed by atoms with Crippen LogP contribution in [0.15, 0.2) is 65.3 Å². The monoisotopic (exact) mass is 392 g/mol. The van der Waals surface area contributed by atoms with Crippen molar-refractivity contribution in [3.05, 3.63) is 66.6 Å². The van der Waals surface area contributed by atoms with E-state index in [0.29, 0.717) is 23.0 Å². The molecular formula is C22H20N2O5. The maximum atomic E-state index is 12.5. The Hall–Kier alpha value is -3.61. The summed E-state index contributed by atoms with van der Waals surface area (Å²) in [5.74, 6) is 0.0636. The van der Waals surface area contributed by atoms with E-state index in [4.69, 9.17) is 13.9 Å². The van der Waals surface area contributed by atoms with Gasteiger partial charge in [-0.15, -0.1) is 0 Å². The highest BCUT2D eigenvalue weighted by Gasteiger charge is 2.36. The van der Waals surface area contributed by atoms with Gasteiger partial charge in [-0.3, -0.25) is 9.59 Å². The number of amides is 1. The van der Waals surface area contributed by atoms with Crippen molar-refractivity contribution >= 4 is 17.6 Å². The predicted octanol–water partition coefficient (Wildman–Crippen LogP) is 3.45. The highest BCUT2D eigenvalue weighted by molar-refractivity contribution is 5.99. The number of carbonyl (C=O) groups is 2. The van der Waals surface area contributed by atoms with Crippen molar-refractivity contribution in [2.75, 3.05) is 18.6 Å². The molecule has 1 fully saturated rings. The summed E-state index contributed by atoms with van der Waals surface area (Å²) in [7, 11) is 1.57. The van der Waals surface area contributed by atoms with Gasteiger partial charge in [0.2, 0.25) is 11.8 Å². The molecule has 0 N–H and O–H groups in total. The van der Waals surface area contributed by atoms with E-state index in [-0.39, 0.29) is 25.5 Å². The molecule has 1 unspecified atom stereocenters. The second-order valence-corrected chi connectivity index (χ2v) is 6.72. The summed E-state index contributed by atoms with van der Waals surface area (Å²) in [6.45, 7) is 0.276. The van der Waals surface area contributed by atoms with E-state index in [9.17, 15) is 9.59 Å². The van der Waals surface area contributed by atoms with Gasteiger partial charge < -0.3 is 18.8 Å². The Morgan fingerprint density at radius 2 is 2.03 bits per heavy atom. The Labute approximate surface area is 167 Å². The minimum absolute atomic E-state index is 0.000975. The molecule has 1 amide bonds. The van der Waals surface area contributed by atoms with Gasteiger partial charge in [-0.1, -0.05) is 24.3 Å². The minimum Gasteiger partial charge on any atom is -0.497 e. The Kier molecular flexibility index (Phi) is 5.29. The second-order valence-electron chi connectivity index (χ2n) is 6.72. The number of methoxy groups -OCH3 is 1. The first-order chi connectivity index (χ1) is 14.1. The molecule has 29 heavy (non-hydrogen) atoms. The highest BCUT2D eigenvalue weighted by atomic mass is 16.5. The molecule has 7 heteroatoms. The number of hydrogen-bond acceptors (Lipinski definition) is 6. The minimum atomic E-state index is -0.519. The quantitative estimate of drug-likeness (QED) is 0.598. The fraction of sp³-hybridized carbons (Fsp3) is 0.227. The summed E-state index contributed by atoms with van der Waals surface area (Å²) in [5, 5.41) is 0. The van der Waals surface area contributed by atoms with Gasteiger partial charge in [0.05, 0.1) is 13.0 Å². The second kappa shape index (κ2) is 8.18. The Bertz CT molecular complexity index is 1010. The highest BCUT2D eigenvalue weighted by Crippen LogP contribution is 2.28. The number of hydrogen-bond donors (Lipinski definition) is 0. The first kappa shape index (κ1) is 18.7. The Morgan fingerprint density at radius 3 is 2.83 bits per heavy atom. The molecule has 1 saturated heterocycles. The van der Waals surface area contributed by atoms with Crippen LogP contribution in [0.25, 0.3) is 11.5 Å². The van der Waals surface area contributed by atoms with Crippen LogP contribution in [-0.4, -0.2) is 30.5 Å². The lowest BCUT2D eigenvalue weighted by atomic mass is 10.1. The molecule has 1 aliphatic rings. The molecule has 0 saturated carbocycles. The van der Waals surface area contributed by atoms with Gasteiger partial charge in [-0.25, -0.2) is 4.98 Å². The maximum absolute atomic E-state index is 12.5. The largest absolute Gasteiger partial charge is 0.497 e. The zero-order valence-electron chi connectivity index (χ0n) is 15.9. The Balaban J connectivity index is 1.36. The number of aromatic nitrogens is 1. The fourth-order valence-electron chi connectivity index (χ4n) is 3.24. The molecular weight excluding hydrogens is 372 g/mol. The lowest BCUT2D eigenvalue weighted by Gasteiger charge is -2.17. The van der Waals surface area contributed by atoms with Crippen LogP contribution in [0.5, 0.6) is 5.75 Å². The van der Waals surface area contributed by atoms with Crippen molar-refractivity contribution in [1.29, 1.82) is 0 Å². The van der Waals surface area contributed by atoms with E-state index < -0.39 is 11.9 Å². The van der Waals surface area contributed by atoms with Gasteiger partial charge in [0.15, 0.2) is 0 Å². The number of anilines is 1. The lowest BCUT2D eigenvalue weighted by molar-refractivity contribution is -0.149. The van der Waals surface area contributed by atoms with E-state index in [1.807, 2.05) is 42.5 Å². The van der Waals surface area contributed by atoms with Crippen LogP contribution in [0, 0.1) is 5.92 Å². The molecule has 2 heterocycles. The summed E-state index contributed by atoms with van der Waals surface area (Å²) in [4.78, 5) is 30.8. The number of ether oxygens (including phenoxy) is 2. The molecule has 0 spiro atoms. The van der Waals surface area contributed by atoms with Crippen molar-refractivity contribution in [1.82, 2.24) is 4.98 Å². The molecule has 0 bridgehead atoms. The van der Waals surface area contributed by atoms with E-state index >= 15 is 0 Å². The van der Waals surface area contributed by atoms with Crippen LogP contribution in [0.4, 0.5) is 5.69 Å². The van der Waals surface area contributed by atoms with E-state index in [1.165, 1.54) is 6.26 Å². The van der Waals surface area contributed by atoms with E-state index in [0.717, 1.165) is 5.56 Å². The molecule has 148 valence electrons. The molecule has 0 aliphatic carbocycles. The van der Waals surface area contributed by atoms with Gasteiger partial charge in [0.1, 0.15) is 24.3 Å². The number of esters is 1. The third-order valence-corrected chi connectivity index (χ3v) is 4.76. The number of nitrogens with zero attached hydrogens (tertiary/aromatic N) is 2. The molecule has 1 aromatic heterocycles. The zero-order valence-corrected chi connectivity index (χ0v) is 15.9. The Morgan fingerprint density at radius 1 is 1.21 bits per heavy atom. The lowest BCUT2D eigenvalue weighted by Crippen LogP contribution is -2.26. The van der Waals surface area contributed by atoms with Crippen LogP contribution in [-0.2, 0) is 20.9 Å². The topological polar surface area (TPSA) is 81.9 Å². The summed E-state index contributed by atoms with van der Waals surface area (Å²) in [6.07, 6.45) is 1.59. The van der Waals surface area contributed by atoms with Crippen molar-refractivity contribution in [3.63, 3.8) is 0 Å². The first-order valence-corrected chi connectivity index (χ1v) is 9.25. The summed E-state index contributed by atoms with van der Waals surface area (Å²) in [6, 6.07) is 16.7. The molecule has 3 aromatic rings. The van der Waals surface area contributed by atoms with Gasteiger partial charge in [-0.2, -0.15) is 0 Å². The average Bonchev–Trinajstić information content (AvgIpc) is 3.39. The van der Waals surface area contributed by atoms with Gasteiger partial charge in [0, 0.05) is 30.3 Å². The van der Waals surface area contributed by atoms with Gasteiger partial charge in [-0.05, 0) is 24.3 Å². The standard InChI is InChI=1S/C22H20N2O5/c1-27-19-9-5-8-18(11-19)24-12-16(10-20(24)25)22(26)29-14-17-13-28-21(23-17)15-6-3-2-4-7-15/h2-9,11,13,16H,10,12,14H2,1H3. The van der Waals surface area contributed by atoms with Crippen molar-refractivity contribution < 1.29 is 23.5 Å². The van der Waals surface area contributed by atoms with Gasteiger partial charge >= 0.3 is 5.97 Å². The van der Waals surface area contributed by atoms with Crippen LogP contribution < -0.4 is 9.64 Å². The molecule has 2 aromatic carbocycles. The molecule has 7 nitrogen and oxygen atoms in total. The third-order valence-electron chi connectivity index (χ3n) is 4.76. The molecule has 1 aliphatic heterocycles. The summed E-state index contributed by atoms with van der Waals surface area (Å²) in [5.41, 5.74) is 2.07. The molecule has 0 radical (unpaired) electrons. The van der Waals surface area contributed by atoms with Crippen molar-refractivity contribution in [2.24, 2.45) is 5.92 Å². The normalized spacial score (nSPS) is 16.1. The fourth-order valence-corrected chi connectivity index (χ4v) is 3.24. The number of benzene rings is 2. The first-order valence-electron chi connectivity index (χ1n) is 9.25. The summed E-state index contributed by atoms with van der Waals surface area (Å²) >= 11 is 0. The van der Waals surface area contributed by atoms with Crippen LogP contribution >= 0.6 is 0 Å². The predicted molar refractivity (Wildman–Crippen MR) is 105 cm³/mol. The van der Waals surface area contributed by atoms with Gasteiger partial charge in [0.25, 0.3) is 0 Å². The van der Waals surface area contributed by atoms with Crippen LogP contribution in [0.3, 0.4) is 0 Å². The van der Waals surface area contributed by atoms with E-state index in [1.54, 1.807) is 24.1 Å². The number of carbonyl (C=O) groups excluding carboxylic acids is 2. The van der Waals surface area contributed by atoms with Crippen molar-refractivity contribution in [3.8, 4) is 17.2 Å². The van der Waals surface area contributed by atoms with E-state index in [2.05, 4.69) is 4.98 Å². The van der Waals surface area contributed by atoms with Crippen LogP contribution in [0.2, 0.25) is 0 Å². The molecule has 1 atom stereocenters. The third kappa shape index (κ3) is 4.13. The zero-order chi connectivity index (χ0) is 20.2. The molecule has 4 rings (SSSR count). The summed E-state index contributed by atoms with van der Waals surface area (Å²) < 4.78 is 16.0. The smallest absolute Gasteiger partial charge is 0.311 e. The van der Waals surface area contributed by atoms with Crippen molar-refractivity contribution in [2.45, 2.75) is 13.0 Å².